The zero-order chi connectivity index (χ0) is 12.0. The third-order valence-corrected chi connectivity index (χ3v) is 3.46. The molecule has 16 heavy (non-hydrogen) atoms. The Labute approximate surface area is 106 Å². The van der Waals surface area contributed by atoms with Crippen LogP contribution in [0.2, 0.25) is 0 Å². The normalized spacial score (nSPS) is 11.0. The standard InChI is InChI=1S/C11H21BrN4/c1-3-9-11(12)10(16(4-2)15-9)8-14-7-5-6-13/h14H,3-8,13H2,1-2H3. The highest BCUT2D eigenvalue weighted by atomic mass is 79.9. The van der Waals surface area contributed by atoms with E-state index in [4.69, 9.17) is 5.73 Å². The maximum Gasteiger partial charge on any atom is 0.0767 e. The van der Waals surface area contributed by atoms with Crippen molar-refractivity contribution in [3.05, 3.63) is 15.9 Å². The van der Waals surface area contributed by atoms with Crippen molar-refractivity contribution in [1.29, 1.82) is 0 Å². The van der Waals surface area contributed by atoms with Crippen molar-refractivity contribution in [2.24, 2.45) is 5.73 Å². The highest BCUT2D eigenvalue weighted by Gasteiger charge is 2.12. The van der Waals surface area contributed by atoms with Crippen molar-refractivity contribution in [1.82, 2.24) is 15.1 Å². The quantitative estimate of drug-likeness (QED) is 0.751. The smallest absolute Gasteiger partial charge is 0.0767 e. The van der Waals surface area contributed by atoms with Gasteiger partial charge in [-0.2, -0.15) is 5.10 Å². The molecular weight excluding hydrogens is 268 g/mol. The van der Waals surface area contributed by atoms with E-state index in [2.05, 4.69) is 44.9 Å². The van der Waals surface area contributed by atoms with E-state index in [0.29, 0.717) is 0 Å². The van der Waals surface area contributed by atoms with Crippen LogP contribution in [-0.2, 0) is 19.5 Å². The molecule has 0 aliphatic rings. The Morgan fingerprint density at radius 3 is 2.75 bits per heavy atom. The summed E-state index contributed by atoms with van der Waals surface area (Å²) < 4.78 is 3.20. The van der Waals surface area contributed by atoms with E-state index in [1.807, 2.05) is 0 Å². The van der Waals surface area contributed by atoms with Crippen molar-refractivity contribution < 1.29 is 0 Å². The van der Waals surface area contributed by atoms with Gasteiger partial charge in [-0.1, -0.05) is 6.92 Å². The Kier molecular flexibility index (Phi) is 6.01. The summed E-state index contributed by atoms with van der Waals surface area (Å²) in [6.07, 6.45) is 1.97. The van der Waals surface area contributed by atoms with Gasteiger partial charge >= 0.3 is 0 Å². The molecule has 1 aromatic heterocycles. The van der Waals surface area contributed by atoms with Gasteiger partial charge in [-0.15, -0.1) is 0 Å². The van der Waals surface area contributed by atoms with Crippen LogP contribution >= 0.6 is 15.9 Å². The lowest BCUT2D eigenvalue weighted by Gasteiger charge is -2.06. The van der Waals surface area contributed by atoms with Gasteiger partial charge in [0, 0.05) is 13.1 Å². The van der Waals surface area contributed by atoms with E-state index in [1.165, 1.54) is 5.69 Å². The summed E-state index contributed by atoms with van der Waals surface area (Å²) >= 11 is 3.62. The van der Waals surface area contributed by atoms with E-state index in [-0.39, 0.29) is 0 Å². The molecule has 0 aromatic carbocycles. The first-order valence-electron chi connectivity index (χ1n) is 5.89. The molecule has 4 nitrogen and oxygen atoms in total. The number of rotatable bonds is 7. The lowest BCUT2D eigenvalue weighted by molar-refractivity contribution is 0.571. The summed E-state index contributed by atoms with van der Waals surface area (Å²) in [5, 5.41) is 7.94. The molecule has 1 aromatic rings. The van der Waals surface area contributed by atoms with E-state index in [1.54, 1.807) is 0 Å². The second-order valence-electron chi connectivity index (χ2n) is 3.70. The summed E-state index contributed by atoms with van der Waals surface area (Å²) in [5.41, 5.74) is 7.82. The number of hydrogen-bond donors (Lipinski definition) is 2. The minimum Gasteiger partial charge on any atom is -0.330 e. The fourth-order valence-electron chi connectivity index (χ4n) is 1.62. The Morgan fingerprint density at radius 2 is 2.19 bits per heavy atom. The van der Waals surface area contributed by atoms with Crippen LogP contribution < -0.4 is 11.1 Å². The SMILES string of the molecule is CCc1nn(CC)c(CNCCCN)c1Br. The molecule has 0 radical (unpaired) electrons. The van der Waals surface area contributed by atoms with Gasteiger partial charge in [0.1, 0.15) is 0 Å². The van der Waals surface area contributed by atoms with Crippen molar-refractivity contribution in [2.75, 3.05) is 13.1 Å². The van der Waals surface area contributed by atoms with Crippen LogP contribution in [0, 0.1) is 0 Å². The van der Waals surface area contributed by atoms with Gasteiger partial charge in [0.15, 0.2) is 0 Å². The summed E-state index contributed by atoms with van der Waals surface area (Å²) in [5.74, 6) is 0. The van der Waals surface area contributed by atoms with E-state index >= 15 is 0 Å². The molecule has 0 aliphatic heterocycles. The largest absolute Gasteiger partial charge is 0.330 e. The van der Waals surface area contributed by atoms with Crippen molar-refractivity contribution in [2.45, 2.75) is 39.8 Å². The van der Waals surface area contributed by atoms with Gasteiger partial charge < -0.3 is 11.1 Å². The third kappa shape index (κ3) is 3.30. The van der Waals surface area contributed by atoms with Crippen molar-refractivity contribution in [3.63, 3.8) is 0 Å². The van der Waals surface area contributed by atoms with E-state index in [0.717, 1.165) is 49.2 Å². The highest BCUT2D eigenvalue weighted by molar-refractivity contribution is 9.10. The van der Waals surface area contributed by atoms with Crippen molar-refractivity contribution in [3.8, 4) is 0 Å². The van der Waals surface area contributed by atoms with Crippen LogP contribution in [0.1, 0.15) is 31.7 Å². The Balaban J connectivity index is 2.65. The fourth-order valence-corrected chi connectivity index (χ4v) is 2.32. The molecule has 1 heterocycles. The third-order valence-electron chi connectivity index (χ3n) is 2.54. The number of aryl methyl sites for hydroxylation is 2. The zero-order valence-electron chi connectivity index (χ0n) is 10.1. The lowest BCUT2D eigenvalue weighted by atomic mass is 10.3. The van der Waals surface area contributed by atoms with Crippen LogP contribution in [0.15, 0.2) is 4.47 Å². The highest BCUT2D eigenvalue weighted by Crippen LogP contribution is 2.22. The molecule has 92 valence electrons. The Bertz CT molecular complexity index is 322. The van der Waals surface area contributed by atoms with E-state index < -0.39 is 0 Å². The first kappa shape index (κ1) is 13.7. The summed E-state index contributed by atoms with van der Waals surface area (Å²) in [6, 6.07) is 0. The van der Waals surface area contributed by atoms with E-state index in [9.17, 15) is 0 Å². The van der Waals surface area contributed by atoms with Gasteiger partial charge in [0.05, 0.1) is 15.9 Å². The molecule has 0 saturated heterocycles. The molecular formula is C11H21BrN4. The molecule has 3 N–H and O–H groups in total. The van der Waals surface area contributed by atoms with Crippen LogP contribution in [0.5, 0.6) is 0 Å². The lowest BCUT2D eigenvalue weighted by Crippen LogP contribution is -2.20. The minimum absolute atomic E-state index is 0.738. The van der Waals surface area contributed by atoms with Crippen LogP contribution in [0.25, 0.3) is 0 Å². The molecule has 0 saturated carbocycles. The topological polar surface area (TPSA) is 55.9 Å². The number of hydrogen-bond acceptors (Lipinski definition) is 3. The molecule has 0 amide bonds. The molecule has 0 bridgehead atoms. The molecule has 5 heteroatoms. The number of aromatic nitrogens is 2. The second kappa shape index (κ2) is 7.04. The number of nitrogens with two attached hydrogens (primary N) is 1. The Hall–Kier alpha value is -0.390. The van der Waals surface area contributed by atoms with Gasteiger partial charge in [-0.3, -0.25) is 4.68 Å². The monoisotopic (exact) mass is 288 g/mol. The molecule has 0 atom stereocenters. The summed E-state index contributed by atoms with van der Waals surface area (Å²) in [4.78, 5) is 0. The van der Waals surface area contributed by atoms with Crippen molar-refractivity contribution >= 4 is 15.9 Å². The molecule has 0 unspecified atom stereocenters. The average molecular weight is 289 g/mol. The van der Waals surface area contributed by atoms with Gasteiger partial charge in [-0.25, -0.2) is 0 Å². The number of nitrogens with one attached hydrogen (secondary N) is 1. The second-order valence-corrected chi connectivity index (χ2v) is 4.49. The van der Waals surface area contributed by atoms with Crippen LogP contribution in [0.3, 0.4) is 0 Å². The fraction of sp³-hybridized carbons (Fsp3) is 0.727. The molecule has 0 spiro atoms. The summed E-state index contributed by atoms with van der Waals surface area (Å²) in [7, 11) is 0. The summed E-state index contributed by atoms with van der Waals surface area (Å²) in [6.45, 7) is 7.69. The molecule has 0 aliphatic carbocycles. The predicted octanol–water partition coefficient (Wildman–Crippen LogP) is 1.67. The molecule has 0 fully saturated rings. The number of nitrogens with zero attached hydrogens (tertiary/aromatic N) is 2. The minimum atomic E-state index is 0.738. The predicted molar refractivity (Wildman–Crippen MR) is 70.4 cm³/mol. The molecule has 1 rings (SSSR count). The maximum atomic E-state index is 5.45. The zero-order valence-corrected chi connectivity index (χ0v) is 11.7. The van der Waals surface area contributed by atoms with Gasteiger partial charge in [0.2, 0.25) is 0 Å². The van der Waals surface area contributed by atoms with Gasteiger partial charge in [-0.05, 0) is 48.8 Å². The van der Waals surface area contributed by atoms with Gasteiger partial charge in [0.25, 0.3) is 0 Å². The number of halogens is 1. The van der Waals surface area contributed by atoms with Crippen LogP contribution in [-0.4, -0.2) is 22.9 Å². The Morgan fingerprint density at radius 1 is 1.44 bits per heavy atom. The first-order valence-corrected chi connectivity index (χ1v) is 6.68. The van der Waals surface area contributed by atoms with Crippen LogP contribution in [0.4, 0.5) is 0 Å². The maximum absolute atomic E-state index is 5.45. The first-order chi connectivity index (χ1) is 7.74. The average Bonchev–Trinajstić information content (AvgIpc) is 2.61.